The van der Waals surface area contributed by atoms with Crippen LogP contribution in [-0.4, -0.2) is 4.98 Å². The summed E-state index contributed by atoms with van der Waals surface area (Å²) in [5.74, 6) is 0. The van der Waals surface area contributed by atoms with Crippen LogP contribution < -0.4 is 4.57 Å². The van der Waals surface area contributed by atoms with E-state index in [1.807, 2.05) is 16.8 Å². The molecule has 48 valence electrons. The van der Waals surface area contributed by atoms with E-state index in [1.165, 1.54) is 0 Å². The molecule has 1 aromatic rings. The molecule has 4 heteroatoms. The fourth-order valence-electron chi connectivity index (χ4n) is 0.472. The third kappa shape index (κ3) is 1.76. The van der Waals surface area contributed by atoms with Gasteiger partial charge in [-0.3, -0.25) is 0 Å². The lowest BCUT2D eigenvalue weighted by molar-refractivity contribution is -0.671. The lowest BCUT2D eigenvalue weighted by Crippen LogP contribution is -2.32. The van der Waals surface area contributed by atoms with E-state index < -0.39 is 0 Å². The maximum absolute atomic E-state index is 5.67. The summed E-state index contributed by atoms with van der Waals surface area (Å²) in [5.41, 5.74) is 0. The molecule has 1 aromatic heterocycles. The second-order valence-corrected chi connectivity index (χ2v) is 2.50. The van der Waals surface area contributed by atoms with Crippen molar-refractivity contribution >= 4 is 34.2 Å². The van der Waals surface area contributed by atoms with Crippen molar-refractivity contribution in [3.8, 4) is 0 Å². The number of rotatable bonds is 1. The lowest BCUT2D eigenvalue weighted by Gasteiger charge is -1.89. The van der Waals surface area contributed by atoms with E-state index in [9.17, 15) is 0 Å². The summed E-state index contributed by atoms with van der Waals surface area (Å²) in [6, 6.07) is 1.85. The summed E-state index contributed by atoms with van der Waals surface area (Å²) >= 11 is 7.89. The van der Waals surface area contributed by atoms with Gasteiger partial charge >= 0.3 is 5.28 Å². The molecule has 0 N–H and O–H groups in total. The molecular weight excluding hydrogens is 250 g/mol. The normalized spacial score (nSPS) is 9.56. The number of nitrogens with zero attached hydrogens (tertiary/aromatic N) is 2. The number of hydrogen-bond donors (Lipinski definition) is 0. The Morgan fingerprint density at radius 1 is 1.78 bits per heavy atom. The highest BCUT2D eigenvalue weighted by Gasteiger charge is 2.02. The molecule has 1 heterocycles. The molecule has 2 nitrogen and oxygen atoms in total. The zero-order valence-electron chi connectivity index (χ0n) is 4.59. The predicted octanol–water partition coefficient (Wildman–Crippen LogP) is 1.42. The second-order valence-electron chi connectivity index (χ2n) is 1.48. The average molecular weight is 255 g/mol. The minimum Gasteiger partial charge on any atom is -0.211 e. The maximum atomic E-state index is 5.67. The molecule has 0 aliphatic carbocycles. The van der Waals surface area contributed by atoms with Crippen LogP contribution in [0.3, 0.4) is 0 Å². The first-order chi connectivity index (χ1) is 4.34. The third-order valence-corrected chi connectivity index (χ3v) is 1.95. The summed E-state index contributed by atoms with van der Waals surface area (Å²) in [4.78, 5) is 3.87. The van der Waals surface area contributed by atoms with Crippen LogP contribution in [0.1, 0.15) is 0 Å². The van der Waals surface area contributed by atoms with Crippen LogP contribution >= 0.6 is 34.2 Å². The fraction of sp³-hybridized carbons (Fsp3) is 0.200. The van der Waals surface area contributed by atoms with E-state index in [2.05, 4.69) is 27.6 Å². The van der Waals surface area contributed by atoms with E-state index >= 15 is 0 Å². The Kier molecular flexibility index (Phi) is 2.65. The van der Waals surface area contributed by atoms with Gasteiger partial charge in [0.25, 0.3) is 0 Å². The summed E-state index contributed by atoms with van der Waals surface area (Å²) < 4.78 is 2.69. The lowest BCUT2D eigenvalue weighted by atomic mass is 10.7. The van der Waals surface area contributed by atoms with Crippen molar-refractivity contribution in [1.29, 1.82) is 0 Å². The van der Waals surface area contributed by atoms with Crippen LogP contribution in [0.25, 0.3) is 0 Å². The minimum absolute atomic E-state index is 0.534. The summed E-state index contributed by atoms with van der Waals surface area (Å²) in [6.07, 6.45) is 3.56. The molecule has 0 aromatic carbocycles. The molecule has 0 aliphatic rings. The Labute approximate surface area is 72.0 Å². The Morgan fingerprint density at radius 2 is 2.56 bits per heavy atom. The largest absolute Gasteiger partial charge is 0.396 e. The van der Waals surface area contributed by atoms with Crippen molar-refractivity contribution in [2.75, 3.05) is 0 Å². The number of halogens is 2. The molecule has 0 saturated heterocycles. The van der Waals surface area contributed by atoms with Crippen molar-refractivity contribution in [2.45, 2.75) is 4.55 Å². The monoisotopic (exact) mass is 255 g/mol. The molecular formula is C5H5ClIN2+. The van der Waals surface area contributed by atoms with Gasteiger partial charge in [0.2, 0.25) is 0 Å². The fourth-order valence-corrected chi connectivity index (χ4v) is 1.40. The zero-order valence-corrected chi connectivity index (χ0v) is 7.50. The molecule has 0 amide bonds. The van der Waals surface area contributed by atoms with Crippen molar-refractivity contribution < 1.29 is 4.57 Å². The summed E-state index contributed by atoms with van der Waals surface area (Å²) in [5, 5.41) is 0.534. The van der Waals surface area contributed by atoms with Gasteiger partial charge in [0.15, 0.2) is 0 Å². The molecule has 0 saturated carbocycles. The van der Waals surface area contributed by atoms with Gasteiger partial charge in [-0.1, -0.05) is 0 Å². The van der Waals surface area contributed by atoms with Gasteiger partial charge in [-0.2, -0.15) is 0 Å². The number of hydrogen-bond acceptors (Lipinski definition) is 1. The van der Waals surface area contributed by atoms with E-state index in [4.69, 9.17) is 11.6 Å². The predicted molar refractivity (Wildman–Crippen MR) is 43.5 cm³/mol. The first kappa shape index (κ1) is 7.21. The highest BCUT2D eigenvalue weighted by atomic mass is 127. The second kappa shape index (κ2) is 3.31. The Balaban J connectivity index is 3.01. The van der Waals surface area contributed by atoms with Gasteiger partial charge in [0, 0.05) is 17.7 Å². The van der Waals surface area contributed by atoms with Gasteiger partial charge in [-0.05, 0) is 27.6 Å². The topological polar surface area (TPSA) is 16.8 Å². The molecule has 0 aliphatic heterocycles. The highest BCUT2D eigenvalue weighted by Crippen LogP contribution is 1.94. The van der Waals surface area contributed by atoms with Crippen LogP contribution in [0.2, 0.25) is 5.28 Å². The molecule has 0 radical (unpaired) electrons. The first-order valence-electron chi connectivity index (χ1n) is 2.40. The molecule has 0 spiro atoms. The molecule has 0 atom stereocenters. The third-order valence-electron chi connectivity index (χ3n) is 0.899. The van der Waals surface area contributed by atoms with E-state index in [0.29, 0.717) is 5.28 Å². The van der Waals surface area contributed by atoms with Crippen molar-refractivity contribution in [3.63, 3.8) is 0 Å². The van der Waals surface area contributed by atoms with Crippen molar-refractivity contribution in [3.05, 3.63) is 23.7 Å². The molecule has 1 rings (SSSR count). The molecule has 0 bridgehead atoms. The SMILES string of the molecule is Clc1nccc[n+]1CI. The van der Waals surface area contributed by atoms with E-state index in [-0.39, 0.29) is 0 Å². The smallest absolute Gasteiger partial charge is 0.211 e. The number of aromatic nitrogens is 2. The minimum atomic E-state index is 0.534. The summed E-state index contributed by atoms with van der Waals surface area (Å²) in [7, 11) is 0. The van der Waals surface area contributed by atoms with Gasteiger partial charge in [-0.25, -0.2) is 4.57 Å². The van der Waals surface area contributed by atoms with Gasteiger partial charge in [-0.15, -0.1) is 0 Å². The summed E-state index contributed by atoms with van der Waals surface area (Å²) in [6.45, 7) is 0. The molecule has 0 unspecified atom stereocenters. The van der Waals surface area contributed by atoms with Crippen LogP contribution in [0.5, 0.6) is 0 Å². The van der Waals surface area contributed by atoms with Gasteiger partial charge in [0.1, 0.15) is 10.7 Å². The van der Waals surface area contributed by atoms with Gasteiger partial charge in [0.05, 0.1) is 6.20 Å². The Bertz CT molecular complexity index is 204. The van der Waals surface area contributed by atoms with Crippen LogP contribution in [0.15, 0.2) is 18.5 Å². The quantitative estimate of drug-likeness (QED) is 0.321. The standard InChI is InChI=1S/C5H5ClIN2/c6-5-8-2-1-3-9(5)4-7/h1-3H,4H2/q+1. The van der Waals surface area contributed by atoms with Gasteiger partial charge < -0.3 is 0 Å². The molecule has 9 heavy (non-hydrogen) atoms. The molecule has 0 fully saturated rings. The Hall–Kier alpha value is 0.1000. The number of alkyl halides is 1. The van der Waals surface area contributed by atoms with Crippen molar-refractivity contribution in [2.24, 2.45) is 0 Å². The first-order valence-corrected chi connectivity index (χ1v) is 4.31. The van der Waals surface area contributed by atoms with Crippen LogP contribution in [0.4, 0.5) is 0 Å². The zero-order chi connectivity index (χ0) is 6.69. The van der Waals surface area contributed by atoms with Crippen LogP contribution in [0, 0.1) is 0 Å². The van der Waals surface area contributed by atoms with Crippen molar-refractivity contribution in [1.82, 2.24) is 4.98 Å². The Morgan fingerprint density at radius 3 is 3.00 bits per heavy atom. The van der Waals surface area contributed by atoms with Crippen LogP contribution in [-0.2, 0) is 4.55 Å². The van der Waals surface area contributed by atoms with E-state index in [0.717, 1.165) is 4.55 Å². The average Bonchev–Trinajstić information content (AvgIpc) is 1.89. The maximum Gasteiger partial charge on any atom is 0.396 e. The highest BCUT2D eigenvalue weighted by molar-refractivity contribution is 14.1. The van der Waals surface area contributed by atoms with E-state index in [1.54, 1.807) is 6.20 Å².